The normalized spacial score (nSPS) is 10.2. The fraction of sp³-hybridized carbons (Fsp3) is 0.308. The highest BCUT2D eigenvalue weighted by atomic mass is 16.3. The van der Waals surface area contributed by atoms with E-state index in [2.05, 4.69) is 15.5 Å². The first kappa shape index (κ1) is 13.1. The van der Waals surface area contributed by atoms with E-state index in [1.807, 2.05) is 12.1 Å². The maximum absolute atomic E-state index is 11.6. The first-order valence-corrected chi connectivity index (χ1v) is 5.98. The van der Waals surface area contributed by atoms with Crippen LogP contribution in [0.4, 0.5) is 5.82 Å². The standard InChI is InChI=1S/C13H16N4O2/c1-17(2)13(18)11-5-6-12(16-15-11)14-8-7-10-4-3-9-19-10/h3-6,9H,7-8H2,1-2H3,(H,14,16). The zero-order valence-corrected chi connectivity index (χ0v) is 11.0. The number of nitrogens with zero attached hydrogens (tertiary/aromatic N) is 3. The van der Waals surface area contributed by atoms with Crippen LogP contribution in [0, 0.1) is 0 Å². The molecule has 0 fully saturated rings. The number of aromatic nitrogens is 2. The first-order valence-electron chi connectivity index (χ1n) is 5.98. The van der Waals surface area contributed by atoms with E-state index >= 15 is 0 Å². The van der Waals surface area contributed by atoms with Gasteiger partial charge in [0.15, 0.2) is 5.69 Å². The fourth-order valence-electron chi connectivity index (χ4n) is 1.54. The van der Waals surface area contributed by atoms with E-state index < -0.39 is 0 Å². The third-order valence-electron chi connectivity index (χ3n) is 2.55. The third kappa shape index (κ3) is 3.54. The Kier molecular flexibility index (Phi) is 4.12. The number of amides is 1. The molecule has 0 bridgehead atoms. The number of rotatable bonds is 5. The van der Waals surface area contributed by atoms with Crippen LogP contribution in [-0.2, 0) is 6.42 Å². The minimum absolute atomic E-state index is 0.158. The molecule has 1 N–H and O–H groups in total. The van der Waals surface area contributed by atoms with Gasteiger partial charge >= 0.3 is 0 Å². The number of carbonyl (C=O) groups excluding carboxylic acids is 1. The van der Waals surface area contributed by atoms with Crippen molar-refractivity contribution < 1.29 is 9.21 Å². The van der Waals surface area contributed by atoms with Crippen molar-refractivity contribution in [2.24, 2.45) is 0 Å². The van der Waals surface area contributed by atoms with Crippen molar-refractivity contribution in [3.05, 3.63) is 42.0 Å². The van der Waals surface area contributed by atoms with Crippen LogP contribution in [0.5, 0.6) is 0 Å². The highest BCUT2D eigenvalue weighted by Crippen LogP contribution is 2.05. The van der Waals surface area contributed by atoms with Gasteiger partial charge in [-0.2, -0.15) is 0 Å². The Balaban J connectivity index is 1.86. The van der Waals surface area contributed by atoms with E-state index in [9.17, 15) is 4.79 Å². The van der Waals surface area contributed by atoms with Gasteiger partial charge in [-0.15, -0.1) is 10.2 Å². The highest BCUT2D eigenvalue weighted by molar-refractivity contribution is 5.91. The molecule has 0 atom stereocenters. The molecule has 19 heavy (non-hydrogen) atoms. The van der Waals surface area contributed by atoms with Gasteiger partial charge in [0.25, 0.3) is 5.91 Å². The lowest BCUT2D eigenvalue weighted by molar-refractivity contribution is 0.0821. The Labute approximate surface area is 111 Å². The smallest absolute Gasteiger partial charge is 0.273 e. The van der Waals surface area contributed by atoms with Crippen LogP contribution < -0.4 is 5.32 Å². The van der Waals surface area contributed by atoms with Crippen molar-refractivity contribution in [1.29, 1.82) is 0 Å². The monoisotopic (exact) mass is 260 g/mol. The Morgan fingerprint density at radius 3 is 2.74 bits per heavy atom. The summed E-state index contributed by atoms with van der Waals surface area (Å²) in [5, 5.41) is 11.0. The molecule has 2 heterocycles. The number of anilines is 1. The van der Waals surface area contributed by atoms with Gasteiger partial charge in [-0.3, -0.25) is 4.79 Å². The molecule has 0 aliphatic heterocycles. The number of hydrogen-bond donors (Lipinski definition) is 1. The van der Waals surface area contributed by atoms with Gasteiger partial charge < -0.3 is 14.6 Å². The molecule has 0 aliphatic carbocycles. The molecule has 0 unspecified atom stereocenters. The molecule has 6 heteroatoms. The summed E-state index contributed by atoms with van der Waals surface area (Å²) >= 11 is 0. The van der Waals surface area contributed by atoms with E-state index in [0.29, 0.717) is 18.1 Å². The van der Waals surface area contributed by atoms with Crippen LogP contribution >= 0.6 is 0 Å². The number of carbonyl (C=O) groups is 1. The maximum Gasteiger partial charge on any atom is 0.273 e. The molecule has 0 aliphatic rings. The van der Waals surface area contributed by atoms with Gasteiger partial charge in [-0.05, 0) is 24.3 Å². The van der Waals surface area contributed by atoms with Gasteiger partial charge in [-0.25, -0.2) is 0 Å². The van der Waals surface area contributed by atoms with Crippen molar-refractivity contribution in [2.75, 3.05) is 26.0 Å². The predicted molar refractivity (Wildman–Crippen MR) is 71.0 cm³/mol. The lowest BCUT2D eigenvalue weighted by Crippen LogP contribution is -2.23. The molecule has 0 radical (unpaired) electrons. The topological polar surface area (TPSA) is 71.3 Å². The van der Waals surface area contributed by atoms with Gasteiger partial charge in [0.05, 0.1) is 6.26 Å². The van der Waals surface area contributed by atoms with Crippen molar-refractivity contribution in [3.8, 4) is 0 Å². The van der Waals surface area contributed by atoms with Gasteiger partial charge in [0.2, 0.25) is 0 Å². The lowest BCUT2D eigenvalue weighted by atomic mass is 10.3. The molecule has 100 valence electrons. The molecule has 0 saturated carbocycles. The van der Waals surface area contributed by atoms with E-state index in [-0.39, 0.29) is 5.91 Å². The Morgan fingerprint density at radius 1 is 1.32 bits per heavy atom. The third-order valence-corrected chi connectivity index (χ3v) is 2.55. The highest BCUT2D eigenvalue weighted by Gasteiger charge is 2.09. The predicted octanol–water partition coefficient (Wildman–Crippen LogP) is 1.43. The first-order chi connectivity index (χ1) is 9.16. The SMILES string of the molecule is CN(C)C(=O)c1ccc(NCCc2ccco2)nn1. The number of hydrogen-bond acceptors (Lipinski definition) is 5. The van der Waals surface area contributed by atoms with Crippen LogP contribution in [0.3, 0.4) is 0 Å². The minimum atomic E-state index is -0.158. The van der Waals surface area contributed by atoms with Crippen LogP contribution in [-0.4, -0.2) is 41.6 Å². The second-order valence-electron chi connectivity index (χ2n) is 4.26. The van der Waals surface area contributed by atoms with Crippen molar-refractivity contribution >= 4 is 11.7 Å². The van der Waals surface area contributed by atoms with E-state index in [1.165, 1.54) is 4.90 Å². The summed E-state index contributed by atoms with van der Waals surface area (Å²) < 4.78 is 5.22. The van der Waals surface area contributed by atoms with E-state index in [0.717, 1.165) is 12.2 Å². The Hall–Kier alpha value is -2.37. The molecule has 2 rings (SSSR count). The average Bonchev–Trinajstić information content (AvgIpc) is 2.92. The van der Waals surface area contributed by atoms with Crippen LogP contribution in [0.1, 0.15) is 16.2 Å². The van der Waals surface area contributed by atoms with E-state index in [4.69, 9.17) is 4.42 Å². The van der Waals surface area contributed by atoms with Crippen molar-refractivity contribution in [1.82, 2.24) is 15.1 Å². The molecular weight excluding hydrogens is 244 g/mol. The average molecular weight is 260 g/mol. The molecular formula is C13H16N4O2. The summed E-state index contributed by atoms with van der Waals surface area (Å²) in [6, 6.07) is 7.18. The molecule has 2 aromatic rings. The van der Waals surface area contributed by atoms with Crippen LogP contribution in [0.25, 0.3) is 0 Å². The number of nitrogens with one attached hydrogen (secondary N) is 1. The second-order valence-corrected chi connectivity index (χ2v) is 4.26. The molecule has 2 aromatic heterocycles. The van der Waals surface area contributed by atoms with Gasteiger partial charge in [0, 0.05) is 27.1 Å². The second kappa shape index (κ2) is 5.99. The molecule has 0 spiro atoms. The van der Waals surface area contributed by atoms with Crippen molar-refractivity contribution in [2.45, 2.75) is 6.42 Å². The van der Waals surface area contributed by atoms with Gasteiger partial charge in [-0.1, -0.05) is 0 Å². The Bertz CT molecular complexity index is 520. The maximum atomic E-state index is 11.6. The number of furan rings is 1. The van der Waals surface area contributed by atoms with E-state index in [1.54, 1.807) is 32.5 Å². The fourth-order valence-corrected chi connectivity index (χ4v) is 1.54. The van der Waals surface area contributed by atoms with Crippen LogP contribution in [0.2, 0.25) is 0 Å². The summed E-state index contributed by atoms with van der Waals surface area (Å²) in [5.74, 6) is 1.40. The Morgan fingerprint density at radius 2 is 2.16 bits per heavy atom. The summed E-state index contributed by atoms with van der Waals surface area (Å²) in [4.78, 5) is 13.1. The zero-order valence-electron chi connectivity index (χ0n) is 11.0. The quantitative estimate of drug-likeness (QED) is 0.880. The summed E-state index contributed by atoms with van der Waals surface area (Å²) in [7, 11) is 3.36. The summed E-state index contributed by atoms with van der Waals surface area (Å²) in [6.45, 7) is 0.698. The van der Waals surface area contributed by atoms with Gasteiger partial charge in [0.1, 0.15) is 11.6 Å². The largest absolute Gasteiger partial charge is 0.469 e. The summed E-state index contributed by atoms with van der Waals surface area (Å²) in [6.07, 6.45) is 2.42. The summed E-state index contributed by atoms with van der Waals surface area (Å²) in [5.41, 5.74) is 0.335. The molecule has 1 amide bonds. The molecule has 6 nitrogen and oxygen atoms in total. The van der Waals surface area contributed by atoms with Crippen molar-refractivity contribution in [3.63, 3.8) is 0 Å². The lowest BCUT2D eigenvalue weighted by Gasteiger charge is -2.09. The zero-order chi connectivity index (χ0) is 13.7. The molecule has 0 aromatic carbocycles. The van der Waals surface area contributed by atoms with Crippen LogP contribution in [0.15, 0.2) is 34.9 Å². The molecule has 0 saturated heterocycles. The minimum Gasteiger partial charge on any atom is -0.469 e.